The largest absolute Gasteiger partial charge is 0.489 e. The summed E-state index contributed by atoms with van der Waals surface area (Å²) in [5, 5.41) is 44.5. The van der Waals surface area contributed by atoms with Crippen LogP contribution in [0.1, 0.15) is 101 Å². The maximum atomic E-state index is 13.9. The molecule has 0 bridgehead atoms. The molecule has 63 heavy (non-hydrogen) atoms. The Labute approximate surface area is 376 Å². The standard InChI is InChI=1S/C48H61ClN8O6/c1-46(2,3)40(43(62)57-29-35(58)23-38(57)42(61)54-27-31-13-11-30(25-50)12-14-31)55-39(59)28-52-21-9-8-10-22-53-34-18-15-32(16-19-34)41(60)56-44-47(4,5)45(48(44,6)7)63-36-20-17-33(26-51)37(49)24-36/h11-20,24,35,38,40,44-45,52-53,58H,8-10,21-23,27-29H2,1-7H3,(H,54,61)(H,55,59)(H,56,60)/t35-,38+,40?,44?,45?/m1/s1. The molecule has 15 heteroatoms. The number of nitriles is 2. The van der Waals surface area contributed by atoms with Crippen LogP contribution in [0.25, 0.3) is 0 Å². The number of ether oxygens (including phenoxy) is 1. The topological polar surface area (TPSA) is 209 Å². The smallest absolute Gasteiger partial charge is 0.251 e. The van der Waals surface area contributed by atoms with Gasteiger partial charge in [-0.2, -0.15) is 10.5 Å². The summed E-state index contributed by atoms with van der Waals surface area (Å²) < 4.78 is 6.35. The number of benzene rings is 3. The second kappa shape index (κ2) is 20.7. The Balaban J connectivity index is 0.991. The number of nitrogens with zero attached hydrogens (tertiary/aromatic N) is 3. The molecule has 3 aromatic rings. The van der Waals surface area contributed by atoms with E-state index >= 15 is 0 Å². The van der Waals surface area contributed by atoms with Crippen molar-refractivity contribution in [1.29, 1.82) is 10.5 Å². The van der Waals surface area contributed by atoms with Crippen molar-refractivity contribution in [3.05, 3.63) is 94.0 Å². The van der Waals surface area contributed by atoms with Crippen molar-refractivity contribution in [2.24, 2.45) is 16.2 Å². The van der Waals surface area contributed by atoms with Gasteiger partial charge in [0.1, 0.15) is 30.0 Å². The Morgan fingerprint density at radius 3 is 2.21 bits per heavy atom. The molecular formula is C48H61ClN8O6. The Morgan fingerprint density at radius 2 is 1.59 bits per heavy atom. The van der Waals surface area contributed by atoms with E-state index in [0.717, 1.165) is 37.1 Å². The molecule has 1 aliphatic carbocycles. The highest BCUT2D eigenvalue weighted by atomic mass is 35.5. The number of unbranched alkanes of at least 4 members (excludes halogenated alkanes) is 2. The minimum absolute atomic E-state index is 0.0122. The van der Waals surface area contributed by atoms with Crippen LogP contribution in [0.2, 0.25) is 5.02 Å². The van der Waals surface area contributed by atoms with E-state index in [9.17, 15) is 29.5 Å². The van der Waals surface area contributed by atoms with Crippen molar-refractivity contribution in [3.63, 3.8) is 0 Å². The summed E-state index contributed by atoms with van der Waals surface area (Å²) in [4.78, 5) is 54.8. The summed E-state index contributed by atoms with van der Waals surface area (Å²) in [6.45, 7) is 15.4. The highest BCUT2D eigenvalue weighted by molar-refractivity contribution is 6.31. The van der Waals surface area contributed by atoms with E-state index in [-0.39, 0.29) is 60.8 Å². The molecule has 3 aromatic carbocycles. The van der Waals surface area contributed by atoms with Crippen LogP contribution in [0, 0.1) is 38.9 Å². The van der Waals surface area contributed by atoms with Gasteiger partial charge in [0.15, 0.2) is 0 Å². The molecular weight excluding hydrogens is 820 g/mol. The van der Waals surface area contributed by atoms with Gasteiger partial charge < -0.3 is 41.3 Å². The predicted octanol–water partition coefficient (Wildman–Crippen LogP) is 5.68. The molecule has 2 aliphatic rings. The summed E-state index contributed by atoms with van der Waals surface area (Å²) in [5.41, 5.74) is 1.74. The highest BCUT2D eigenvalue weighted by Crippen LogP contribution is 2.55. The number of amides is 4. The van der Waals surface area contributed by atoms with Crippen molar-refractivity contribution in [3.8, 4) is 17.9 Å². The van der Waals surface area contributed by atoms with Crippen molar-refractivity contribution in [2.75, 3.05) is 31.5 Å². The summed E-state index contributed by atoms with van der Waals surface area (Å²) in [6.07, 6.45) is 1.66. The van der Waals surface area contributed by atoms with Crippen molar-refractivity contribution >= 4 is 40.9 Å². The first-order valence-electron chi connectivity index (χ1n) is 21.5. The average Bonchev–Trinajstić information content (AvgIpc) is 3.65. The number of halogens is 1. The molecule has 1 heterocycles. The molecule has 1 saturated carbocycles. The van der Waals surface area contributed by atoms with Gasteiger partial charge in [0.05, 0.1) is 34.9 Å². The maximum absolute atomic E-state index is 13.9. The average molecular weight is 882 g/mol. The van der Waals surface area contributed by atoms with Crippen LogP contribution in [-0.4, -0.2) is 90.1 Å². The number of β-amino-alcohol motifs (C(OH)–C–C–N with tert-alkyl or cyclic N) is 1. The van der Waals surface area contributed by atoms with Gasteiger partial charge in [-0.1, -0.05) is 78.6 Å². The lowest BCUT2D eigenvalue weighted by Crippen LogP contribution is -2.74. The third-order valence-corrected chi connectivity index (χ3v) is 12.4. The van der Waals surface area contributed by atoms with E-state index in [0.29, 0.717) is 34.0 Å². The Bertz CT molecular complexity index is 2180. The summed E-state index contributed by atoms with van der Waals surface area (Å²) >= 11 is 6.23. The fourth-order valence-corrected chi connectivity index (χ4v) is 9.09. The van der Waals surface area contributed by atoms with Gasteiger partial charge >= 0.3 is 0 Å². The number of hydrogen-bond donors (Lipinski definition) is 6. The lowest BCUT2D eigenvalue weighted by Gasteiger charge is -2.63. The number of hydrogen-bond acceptors (Lipinski definition) is 10. The summed E-state index contributed by atoms with van der Waals surface area (Å²) in [7, 11) is 0. The Kier molecular flexibility index (Phi) is 15.9. The number of nitrogens with one attached hydrogen (secondary N) is 5. The van der Waals surface area contributed by atoms with Gasteiger partial charge in [-0.25, -0.2) is 0 Å². The van der Waals surface area contributed by atoms with E-state index < -0.39 is 35.4 Å². The molecule has 4 amide bonds. The molecule has 6 N–H and O–H groups in total. The van der Waals surface area contributed by atoms with Crippen LogP contribution in [-0.2, 0) is 20.9 Å². The Morgan fingerprint density at radius 1 is 0.921 bits per heavy atom. The second-order valence-corrected chi connectivity index (χ2v) is 19.2. The Hall–Kier alpha value is -5.67. The first-order chi connectivity index (χ1) is 29.8. The molecule has 1 saturated heterocycles. The molecule has 1 unspecified atom stereocenters. The molecule has 0 spiro atoms. The zero-order valence-corrected chi connectivity index (χ0v) is 38.1. The summed E-state index contributed by atoms with van der Waals surface area (Å²) in [5.74, 6) is -0.743. The lowest BCUT2D eigenvalue weighted by molar-refractivity contribution is -0.164. The minimum Gasteiger partial charge on any atom is -0.489 e. The first kappa shape index (κ1) is 48.4. The predicted molar refractivity (Wildman–Crippen MR) is 242 cm³/mol. The lowest BCUT2D eigenvalue weighted by atomic mass is 9.49. The quantitative estimate of drug-likeness (QED) is 0.0863. The summed E-state index contributed by atoms with van der Waals surface area (Å²) in [6, 6.07) is 21.4. The number of aliphatic hydroxyl groups excluding tert-OH is 1. The van der Waals surface area contributed by atoms with E-state index in [2.05, 4.69) is 66.4 Å². The van der Waals surface area contributed by atoms with Crippen LogP contribution in [0.4, 0.5) is 5.69 Å². The third kappa shape index (κ3) is 12.1. The molecule has 14 nitrogen and oxygen atoms in total. The van der Waals surface area contributed by atoms with Gasteiger partial charge in [0.25, 0.3) is 5.91 Å². The molecule has 5 rings (SSSR count). The van der Waals surface area contributed by atoms with Crippen molar-refractivity contribution in [1.82, 2.24) is 26.2 Å². The SMILES string of the molecule is CC(C)(C)C(NC(=O)CNCCCCCNc1ccc(C(=O)NC2C(C)(C)C(Oc3ccc(C#N)c(Cl)c3)C2(C)C)cc1)C(=O)N1C[C@H](O)C[C@H]1C(=O)NCc1ccc(C#N)cc1. The van der Waals surface area contributed by atoms with E-state index in [1.807, 2.05) is 32.9 Å². The van der Waals surface area contributed by atoms with Gasteiger partial charge in [0, 0.05) is 60.2 Å². The first-order valence-corrected chi connectivity index (χ1v) is 21.9. The molecule has 2 fully saturated rings. The zero-order chi connectivity index (χ0) is 46.1. The van der Waals surface area contributed by atoms with Gasteiger partial charge in [-0.3, -0.25) is 19.2 Å². The monoisotopic (exact) mass is 880 g/mol. The fraction of sp³-hybridized carbons (Fsp3) is 0.500. The number of anilines is 1. The number of carbonyl (C=O) groups excluding carboxylic acids is 4. The molecule has 1 aliphatic heterocycles. The van der Waals surface area contributed by atoms with E-state index in [1.54, 1.807) is 54.6 Å². The third-order valence-electron chi connectivity index (χ3n) is 12.1. The normalized spacial score (nSPS) is 20.3. The van der Waals surface area contributed by atoms with E-state index in [4.69, 9.17) is 21.6 Å². The molecule has 336 valence electrons. The van der Waals surface area contributed by atoms with Gasteiger partial charge in [-0.15, -0.1) is 0 Å². The number of carbonyl (C=O) groups is 4. The maximum Gasteiger partial charge on any atom is 0.251 e. The molecule has 0 aromatic heterocycles. The van der Waals surface area contributed by atoms with Crippen LogP contribution in [0.3, 0.4) is 0 Å². The van der Waals surface area contributed by atoms with Crippen molar-refractivity contribution in [2.45, 2.75) is 111 Å². The number of rotatable bonds is 18. The van der Waals surface area contributed by atoms with Crippen LogP contribution >= 0.6 is 11.6 Å². The molecule has 3 atom stereocenters. The van der Waals surface area contributed by atoms with Crippen molar-refractivity contribution < 1.29 is 29.0 Å². The second-order valence-electron chi connectivity index (χ2n) is 18.8. The van der Waals surface area contributed by atoms with Crippen LogP contribution in [0.15, 0.2) is 66.7 Å². The van der Waals surface area contributed by atoms with Gasteiger partial charge in [0.2, 0.25) is 17.7 Å². The van der Waals surface area contributed by atoms with E-state index in [1.165, 1.54) is 4.90 Å². The molecule has 0 radical (unpaired) electrons. The highest BCUT2D eigenvalue weighted by Gasteiger charge is 2.64. The zero-order valence-electron chi connectivity index (χ0n) is 37.3. The minimum atomic E-state index is -0.918. The van der Waals surface area contributed by atoms with Crippen LogP contribution < -0.4 is 31.3 Å². The van der Waals surface area contributed by atoms with Gasteiger partial charge in [-0.05, 0) is 78.9 Å². The number of likely N-dealkylation sites (tertiary alicyclic amines) is 1. The number of aliphatic hydroxyl groups is 1. The van der Waals surface area contributed by atoms with Crippen LogP contribution in [0.5, 0.6) is 5.75 Å². The fourth-order valence-electron chi connectivity index (χ4n) is 8.87.